The van der Waals surface area contributed by atoms with Crippen LogP contribution in [-0.2, 0) is 19.4 Å². The number of fused-ring (bicyclic) bond motifs is 1. The SMILES string of the molecule is c1ccc(COc2cn(C3CCNCC3)c3c2CCCC3)cc1. The third-order valence-electron chi connectivity index (χ3n) is 5.24. The van der Waals surface area contributed by atoms with E-state index in [1.165, 1.54) is 49.7 Å². The maximum absolute atomic E-state index is 6.23. The minimum atomic E-state index is 0.650. The maximum atomic E-state index is 6.23. The fraction of sp³-hybridized carbons (Fsp3) is 0.500. The van der Waals surface area contributed by atoms with Gasteiger partial charge in [0.2, 0.25) is 0 Å². The molecule has 2 aliphatic rings. The Hall–Kier alpha value is -1.74. The number of rotatable bonds is 4. The molecular formula is C20H26N2O. The molecule has 1 aromatic heterocycles. The maximum Gasteiger partial charge on any atom is 0.140 e. The highest BCUT2D eigenvalue weighted by atomic mass is 16.5. The number of piperidine rings is 1. The molecule has 1 aromatic carbocycles. The van der Waals surface area contributed by atoms with Gasteiger partial charge in [-0.1, -0.05) is 30.3 Å². The highest BCUT2D eigenvalue weighted by Crippen LogP contribution is 2.36. The van der Waals surface area contributed by atoms with Crippen LogP contribution in [0.1, 0.15) is 48.5 Å². The van der Waals surface area contributed by atoms with Gasteiger partial charge in [-0.2, -0.15) is 0 Å². The zero-order chi connectivity index (χ0) is 15.5. The van der Waals surface area contributed by atoms with Gasteiger partial charge in [-0.15, -0.1) is 0 Å². The summed E-state index contributed by atoms with van der Waals surface area (Å²) in [5.74, 6) is 1.13. The van der Waals surface area contributed by atoms with Crippen molar-refractivity contribution in [2.24, 2.45) is 0 Å². The highest BCUT2D eigenvalue weighted by molar-refractivity contribution is 5.40. The summed E-state index contributed by atoms with van der Waals surface area (Å²) in [4.78, 5) is 0. The first-order valence-corrected chi connectivity index (χ1v) is 9.02. The zero-order valence-electron chi connectivity index (χ0n) is 13.8. The second-order valence-corrected chi connectivity index (χ2v) is 6.79. The number of hydrogen-bond acceptors (Lipinski definition) is 2. The Labute approximate surface area is 138 Å². The van der Waals surface area contributed by atoms with Crippen molar-refractivity contribution in [2.75, 3.05) is 13.1 Å². The largest absolute Gasteiger partial charge is 0.487 e. The van der Waals surface area contributed by atoms with E-state index in [1.54, 1.807) is 5.69 Å². The van der Waals surface area contributed by atoms with Crippen LogP contribution in [0, 0.1) is 0 Å². The van der Waals surface area contributed by atoms with Crippen LogP contribution in [-0.4, -0.2) is 17.7 Å². The van der Waals surface area contributed by atoms with Gasteiger partial charge in [0.1, 0.15) is 12.4 Å². The summed E-state index contributed by atoms with van der Waals surface area (Å²) in [5.41, 5.74) is 4.27. The van der Waals surface area contributed by atoms with Crippen LogP contribution < -0.4 is 10.1 Å². The standard InChI is InChI=1S/C20H26N2O/c1-2-6-16(7-3-1)15-23-20-14-22(17-10-12-21-13-11-17)19-9-5-4-8-18(19)20/h1-3,6-7,14,17,21H,4-5,8-13,15H2. The molecule has 1 N–H and O–H groups in total. The molecule has 3 nitrogen and oxygen atoms in total. The second kappa shape index (κ2) is 6.79. The Bertz CT molecular complexity index is 641. The first-order chi connectivity index (χ1) is 11.4. The van der Waals surface area contributed by atoms with Crippen molar-refractivity contribution in [3.05, 3.63) is 53.3 Å². The quantitative estimate of drug-likeness (QED) is 0.928. The summed E-state index contributed by atoms with van der Waals surface area (Å²) in [5, 5.41) is 3.47. The number of nitrogens with zero attached hydrogens (tertiary/aromatic N) is 1. The molecule has 0 spiro atoms. The van der Waals surface area contributed by atoms with Crippen LogP contribution in [0.25, 0.3) is 0 Å². The molecule has 2 heterocycles. The van der Waals surface area contributed by atoms with Gasteiger partial charge in [-0.05, 0) is 57.2 Å². The Morgan fingerprint density at radius 3 is 2.65 bits per heavy atom. The predicted octanol–water partition coefficient (Wildman–Crippen LogP) is 3.87. The van der Waals surface area contributed by atoms with Gasteiger partial charge in [0.15, 0.2) is 0 Å². The van der Waals surface area contributed by atoms with Crippen molar-refractivity contribution >= 4 is 0 Å². The lowest BCUT2D eigenvalue weighted by Gasteiger charge is -2.27. The summed E-state index contributed by atoms with van der Waals surface area (Å²) in [6, 6.07) is 11.1. The van der Waals surface area contributed by atoms with Gasteiger partial charge < -0.3 is 14.6 Å². The van der Waals surface area contributed by atoms with E-state index in [2.05, 4.69) is 46.4 Å². The molecule has 0 bridgehead atoms. The molecule has 23 heavy (non-hydrogen) atoms. The molecule has 1 aliphatic carbocycles. The Kier molecular flexibility index (Phi) is 4.38. The Morgan fingerprint density at radius 1 is 1.04 bits per heavy atom. The molecule has 0 unspecified atom stereocenters. The number of benzene rings is 1. The first-order valence-electron chi connectivity index (χ1n) is 9.02. The first kappa shape index (κ1) is 14.8. The number of nitrogens with one attached hydrogen (secondary N) is 1. The van der Waals surface area contributed by atoms with Crippen LogP contribution in [0.5, 0.6) is 5.75 Å². The fourth-order valence-electron chi connectivity index (χ4n) is 3.99. The molecule has 3 heteroatoms. The van der Waals surface area contributed by atoms with E-state index in [1.807, 2.05) is 0 Å². The summed E-state index contributed by atoms with van der Waals surface area (Å²) in [6.07, 6.45) is 9.78. The van der Waals surface area contributed by atoms with E-state index < -0.39 is 0 Å². The van der Waals surface area contributed by atoms with E-state index in [0.29, 0.717) is 12.6 Å². The topological polar surface area (TPSA) is 26.2 Å². The smallest absolute Gasteiger partial charge is 0.140 e. The zero-order valence-corrected chi connectivity index (χ0v) is 13.8. The monoisotopic (exact) mass is 310 g/mol. The predicted molar refractivity (Wildman–Crippen MR) is 93.0 cm³/mol. The van der Waals surface area contributed by atoms with Gasteiger partial charge in [0.25, 0.3) is 0 Å². The molecule has 0 amide bonds. The minimum Gasteiger partial charge on any atom is -0.487 e. The van der Waals surface area contributed by atoms with Crippen LogP contribution in [0.4, 0.5) is 0 Å². The van der Waals surface area contributed by atoms with Crippen LogP contribution in [0.15, 0.2) is 36.5 Å². The summed E-state index contributed by atoms with van der Waals surface area (Å²) in [7, 11) is 0. The molecule has 4 rings (SSSR count). The average Bonchev–Trinajstić information content (AvgIpc) is 3.01. The number of hydrogen-bond donors (Lipinski definition) is 1. The molecule has 0 saturated carbocycles. The molecule has 1 saturated heterocycles. The van der Waals surface area contributed by atoms with E-state index in [-0.39, 0.29) is 0 Å². The van der Waals surface area contributed by atoms with Crippen LogP contribution >= 0.6 is 0 Å². The highest BCUT2D eigenvalue weighted by Gasteiger charge is 2.25. The van der Waals surface area contributed by atoms with E-state index in [9.17, 15) is 0 Å². The molecule has 1 fully saturated rings. The van der Waals surface area contributed by atoms with E-state index in [4.69, 9.17) is 4.74 Å². The Balaban J connectivity index is 1.57. The average molecular weight is 310 g/mol. The third-order valence-corrected chi connectivity index (χ3v) is 5.24. The van der Waals surface area contributed by atoms with Crippen molar-refractivity contribution in [3.8, 4) is 5.75 Å². The van der Waals surface area contributed by atoms with Gasteiger partial charge in [-0.25, -0.2) is 0 Å². The van der Waals surface area contributed by atoms with Gasteiger partial charge in [0, 0.05) is 23.5 Å². The lowest BCUT2D eigenvalue weighted by Crippen LogP contribution is -2.30. The van der Waals surface area contributed by atoms with Crippen LogP contribution in [0.2, 0.25) is 0 Å². The van der Waals surface area contributed by atoms with Gasteiger partial charge in [0.05, 0.1) is 0 Å². The number of aromatic nitrogens is 1. The van der Waals surface area contributed by atoms with Crippen molar-refractivity contribution in [1.82, 2.24) is 9.88 Å². The van der Waals surface area contributed by atoms with Crippen molar-refractivity contribution < 1.29 is 4.74 Å². The summed E-state index contributed by atoms with van der Waals surface area (Å²) < 4.78 is 8.78. The lowest BCUT2D eigenvalue weighted by atomic mass is 9.96. The molecule has 0 atom stereocenters. The molecule has 2 aromatic rings. The normalized spacial score (nSPS) is 18.6. The van der Waals surface area contributed by atoms with Crippen molar-refractivity contribution in [1.29, 1.82) is 0 Å². The minimum absolute atomic E-state index is 0.650. The van der Waals surface area contributed by atoms with E-state index >= 15 is 0 Å². The molecule has 1 aliphatic heterocycles. The third kappa shape index (κ3) is 3.16. The summed E-state index contributed by atoms with van der Waals surface area (Å²) in [6.45, 7) is 2.94. The van der Waals surface area contributed by atoms with E-state index in [0.717, 1.165) is 18.8 Å². The second-order valence-electron chi connectivity index (χ2n) is 6.79. The molecule has 0 radical (unpaired) electrons. The van der Waals surface area contributed by atoms with Crippen LogP contribution in [0.3, 0.4) is 0 Å². The number of ether oxygens (including phenoxy) is 1. The summed E-state index contributed by atoms with van der Waals surface area (Å²) >= 11 is 0. The molecular weight excluding hydrogens is 284 g/mol. The molecule has 122 valence electrons. The van der Waals surface area contributed by atoms with Gasteiger partial charge in [-0.3, -0.25) is 0 Å². The Morgan fingerprint density at radius 2 is 1.83 bits per heavy atom. The lowest BCUT2D eigenvalue weighted by molar-refractivity contribution is 0.300. The van der Waals surface area contributed by atoms with Gasteiger partial charge >= 0.3 is 0 Å². The van der Waals surface area contributed by atoms with Crippen molar-refractivity contribution in [3.63, 3.8) is 0 Å². The fourth-order valence-corrected chi connectivity index (χ4v) is 3.99. The van der Waals surface area contributed by atoms with Crippen molar-refractivity contribution in [2.45, 2.75) is 51.2 Å².